The molecule has 1 aliphatic heterocycles. The van der Waals surface area contributed by atoms with Gasteiger partial charge in [-0.1, -0.05) is 12.1 Å². The molecule has 1 fully saturated rings. The summed E-state index contributed by atoms with van der Waals surface area (Å²) < 4.78 is 10.1. The molecule has 20 heavy (non-hydrogen) atoms. The normalized spacial score (nSPS) is 21.2. The first-order valence-corrected chi connectivity index (χ1v) is 6.58. The molecule has 2 atom stereocenters. The minimum atomic E-state index is -0.152. The molecule has 2 rings (SSSR count). The molecule has 5 nitrogen and oxygen atoms in total. The Kier molecular flexibility index (Phi) is 4.97. The molecule has 106 valence electrons. The number of methoxy groups -OCH3 is 1. The average molecular weight is 274 g/mol. The van der Waals surface area contributed by atoms with Crippen molar-refractivity contribution in [2.75, 3.05) is 26.9 Å². The SMILES string of the molecule is [C-]#[N+]COc1cccc(CC2CNC[C@@H]2C(=O)OC)c1. The molecule has 0 bridgehead atoms. The Bertz CT molecular complexity index is 510. The number of carbonyl (C=O) groups excluding carboxylic acids is 1. The third-order valence-electron chi connectivity index (χ3n) is 3.54. The van der Waals surface area contributed by atoms with E-state index in [0.29, 0.717) is 12.3 Å². The summed E-state index contributed by atoms with van der Waals surface area (Å²) in [6.07, 6.45) is 0.794. The number of carbonyl (C=O) groups is 1. The second-order valence-electron chi connectivity index (χ2n) is 4.83. The zero-order valence-corrected chi connectivity index (χ0v) is 11.5. The molecular weight excluding hydrogens is 256 g/mol. The van der Waals surface area contributed by atoms with Crippen LogP contribution >= 0.6 is 0 Å². The molecule has 0 saturated carbocycles. The van der Waals surface area contributed by atoms with Gasteiger partial charge in [0, 0.05) is 6.54 Å². The van der Waals surface area contributed by atoms with Gasteiger partial charge in [-0.05, 0) is 36.6 Å². The summed E-state index contributed by atoms with van der Waals surface area (Å²) in [5.41, 5.74) is 1.11. The van der Waals surface area contributed by atoms with Crippen LogP contribution in [0.25, 0.3) is 4.85 Å². The smallest absolute Gasteiger partial charge is 0.357 e. The van der Waals surface area contributed by atoms with E-state index in [4.69, 9.17) is 16.0 Å². The Hall–Kier alpha value is -2.06. The highest BCUT2D eigenvalue weighted by atomic mass is 16.5. The van der Waals surface area contributed by atoms with Crippen LogP contribution in [0.2, 0.25) is 0 Å². The summed E-state index contributed by atoms with van der Waals surface area (Å²) in [7, 11) is 1.43. The number of ether oxygens (including phenoxy) is 2. The van der Waals surface area contributed by atoms with Crippen molar-refractivity contribution in [3.63, 3.8) is 0 Å². The van der Waals surface area contributed by atoms with E-state index in [1.54, 1.807) is 0 Å². The summed E-state index contributed by atoms with van der Waals surface area (Å²) in [4.78, 5) is 14.9. The largest absolute Gasteiger partial charge is 0.469 e. The van der Waals surface area contributed by atoms with Crippen LogP contribution in [-0.2, 0) is 16.0 Å². The fourth-order valence-electron chi connectivity index (χ4n) is 2.55. The fourth-order valence-corrected chi connectivity index (χ4v) is 2.55. The third kappa shape index (κ3) is 3.49. The van der Waals surface area contributed by atoms with Gasteiger partial charge in [0.05, 0.1) is 13.0 Å². The van der Waals surface area contributed by atoms with Crippen LogP contribution in [0.3, 0.4) is 0 Å². The summed E-state index contributed by atoms with van der Waals surface area (Å²) >= 11 is 0. The minimum Gasteiger partial charge on any atom is -0.469 e. The van der Waals surface area contributed by atoms with Crippen molar-refractivity contribution < 1.29 is 14.3 Å². The number of esters is 1. The van der Waals surface area contributed by atoms with Gasteiger partial charge in [-0.25, -0.2) is 6.57 Å². The lowest BCUT2D eigenvalue weighted by Gasteiger charge is -2.16. The lowest BCUT2D eigenvalue weighted by Crippen LogP contribution is -2.25. The first kappa shape index (κ1) is 14.4. The number of hydrogen-bond acceptors (Lipinski definition) is 4. The third-order valence-corrected chi connectivity index (χ3v) is 3.54. The highest BCUT2D eigenvalue weighted by molar-refractivity contribution is 5.73. The van der Waals surface area contributed by atoms with Crippen molar-refractivity contribution in [2.45, 2.75) is 6.42 Å². The van der Waals surface area contributed by atoms with Gasteiger partial charge in [-0.2, -0.15) is 0 Å². The van der Waals surface area contributed by atoms with E-state index in [9.17, 15) is 4.79 Å². The van der Waals surface area contributed by atoms with Crippen molar-refractivity contribution >= 4 is 5.97 Å². The Morgan fingerprint density at radius 1 is 1.50 bits per heavy atom. The van der Waals surface area contributed by atoms with Crippen LogP contribution in [0.1, 0.15) is 5.56 Å². The van der Waals surface area contributed by atoms with Crippen molar-refractivity contribution in [1.82, 2.24) is 5.32 Å². The first-order chi connectivity index (χ1) is 9.74. The highest BCUT2D eigenvalue weighted by Crippen LogP contribution is 2.24. The zero-order chi connectivity index (χ0) is 14.4. The molecular formula is C15H18N2O3. The van der Waals surface area contributed by atoms with Crippen LogP contribution in [0, 0.1) is 18.4 Å². The molecule has 1 aromatic rings. The van der Waals surface area contributed by atoms with Crippen molar-refractivity contribution in [3.8, 4) is 5.75 Å². The summed E-state index contributed by atoms with van der Waals surface area (Å²) in [6.45, 7) is 8.23. The minimum absolute atomic E-state index is 0.0270. The molecule has 1 unspecified atom stereocenters. The maximum Gasteiger partial charge on any atom is 0.357 e. The van der Waals surface area contributed by atoms with Gasteiger partial charge >= 0.3 is 12.7 Å². The maximum atomic E-state index is 11.7. The number of benzene rings is 1. The van der Waals surface area contributed by atoms with Gasteiger partial charge in [0.15, 0.2) is 0 Å². The standard InChI is InChI=1S/C15H18N2O3/c1-16-10-20-13-5-3-4-11(7-13)6-12-8-17-9-14(12)15(18)19-2/h3-5,7,12,14,17H,6,8-10H2,2H3/t12?,14-/m0/s1. The lowest BCUT2D eigenvalue weighted by atomic mass is 9.89. The molecule has 0 spiro atoms. The quantitative estimate of drug-likeness (QED) is 0.653. The number of nitrogens with zero attached hydrogens (tertiary/aromatic N) is 1. The monoisotopic (exact) mass is 274 g/mol. The van der Waals surface area contributed by atoms with Gasteiger partial charge < -0.3 is 14.8 Å². The second-order valence-corrected chi connectivity index (χ2v) is 4.83. The van der Waals surface area contributed by atoms with E-state index >= 15 is 0 Å². The second kappa shape index (κ2) is 6.92. The van der Waals surface area contributed by atoms with E-state index in [0.717, 1.165) is 18.5 Å². The van der Waals surface area contributed by atoms with Crippen molar-refractivity contribution in [1.29, 1.82) is 0 Å². The Labute approximate surface area is 118 Å². The van der Waals surface area contributed by atoms with Crippen molar-refractivity contribution in [2.24, 2.45) is 11.8 Å². The molecule has 1 N–H and O–H groups in total. The molecule has 0 amide bonds. The fraction of sp³-hybridized carbons (Fsp3) is 0.467. The first-order valence-electron chi connectivity index (χ1n) is 6.58. The predicted octanol–water partition coefficient (Wildman–Crippen LogP) is 1.49. The summed E-state index contributed by atoms with van der Waals surface area (Å²) in [6, 6.07) is 7.68. The van der Waals surface area contributed by atoms with Crippen LogP contribution in [0.5, 0.6) is 5.75 Å². The molecule has 0 aromatic heterocycles. The van der Waals surface area contributed by atoms with E-state index in [2.05, 4.69) is 10.2 Å². The number of rotatable bonds is 5. The average Bonchev–Trinajstić information content (AvgIpc) is 2.93. The summed E-state index contributed by atoms with van der Waals surface area (Å²) in [5.74, 6) is 0.686. The molecule has 5 heteroatoms. The van der Waals surface area contributed by atoms with E-state index in [1.807, 2.05) is 24.3 Å². The van der Waals surface area contributed by atoms with Gasteiger partial charge in [-0.3, -0.25) is 9.64 Å². The van der Waals surface area contributed by atoms with Crippen LogP contribution < -0.4 is 10.1 Å². The predicted molar refractivity (Wildman–Crippen MR) is 74.1 cm³/mol. The summed E-state index contributed by atoms with van der Waals surface area (Å²) in [5, 5.41) is 3.23. The van der Waals surface area contributed by atoms with Crippen LogP contribution in [0.15, 0.2) is 24.3 Å². The van der Waals surface area contributed by atoms with E-state index < -0.39 is 0 Å². The molecule has 0 radical (unpaired) electrons. The Balaban J connectivity index is 2.02. The molecule has 0 aliphatic carbocycles. The topological polar surface area (TPSA) is 51.9 Å². The Morgan fingerprint density at radius 3 is 3.10 bits per heavy atom. The van der Waals surface area contributed by atoms with Gasteiger partial charge in [-0.15, -0.1) is 0 Å². The van der Waals surface area contributed by atoms with Crippen LogP contribution in [-0.4, -0.2) is 32.9 Å². The Morgan fingerprint density at radius 2 is 2.35 bits per heavy atom. The zero-order valence-electron chi connectivity index (χ0n) is 11.5. The van der Waals surface area contributed by atoms with Crippen LogP contribution in [0.4, 0.5) is 0 Å². The van der Waals surface area contributed by atoms with E-state index in [1.165, 1.54) is 7.11 Å². The number of nitrogens with one attached hydrogen (secondary N) is 1. The molecule has 1 saturated heterocycles. The van der Waals surface area contributed by atoms with Crippen molar-refractivity contribution in [3.05, 3.63) is 41.2 Å². The van der Waals surface area contributed by atoms with Gasteiger partial charge in [0.2, 0.25) is 0 Å². The maximum absolute atomic E-state index is 11.7. The van der Waals surface area contributed by atoms with Gasteiger partial charge in [0.1, 0.15) is 5.75 Å². The number of hydrogen-bond donors (Lipinski definition) is 1. The molecule has 1 heterocycles. The van der Waals surface area contributed by atoms with E-state index in [-0.39, 0.29) is 24.5 Å². The molecule has 1 aromatic carbocycles. The highest BCUT2D eigenvalue weighted by Gasteiger charge is 2.33. The molecule has 1 aliphatic rings. The lowest BCUT2D eigenvalue weighted by molar-refractivity contribution is -0.146. The van der Waals surface area contributed by atoms with Gasteiger partial charge in [0.25, 0.3) is 0 Å².